The van der Waals surface area contributed by atoms with Crippen molar-refractivity contribution in [2.24, 2.45) is 0 Å². The minimum atomic E-state index is -0.534. The highest BCUT2D eigenvalue weighted by Gasteiger charge is 2.16. The molecule has 0 aliphatic carbocycles. The van der Waals surface area contributed by atoms with Crippen molar-refractivity contribution in [3.8, 4) is 23.1 Å². The monoisotopic (exact) mass is 433 g/mol. The number of halogens is 1. The van der Waals surface area contributed by atoms with Crippen LogP contribution in [0.5, 0.6) is 6.01 Å². The van der Waals surface area contributed by atoms with Crippen LogP contribution in [0, 0.1) is 15.9 Å². The standard InChI is InChI=1S/C22H16FN5O4/c1-32-22-25-20(15-4-2-5-16(23)12-15)27(26-22)19-7-3-6-17(13-19)24-21(29)14-8-10-18(11-9-14)28(30)31/h2-13H,1H3,(H,24,29). The van der Waals surface area contributed by atoms with Crippen molar-refractivity contribution < 1.29 is 18.8 Å². The minimum absolute atomic E-state index is 0.101. The second-order valence-corrected chi connectivity index (χ2v) is 6.65. The Morgan fingerprint density at radius 3 is 2.53 bits per heavy atom. The van der Waals surface area contributed by atoms with Gasteiger partial charge in [0.1, 0.15) is 5.82 Å². The molecule has 4 aromatic rings. The number of ether oxygens (including phenoxy) is 1. The molecule has 1 amide bonds. The van der Waals surface area contributed by atoms with E-state index in [2.05, 4.69) is 15.4 Å². The molecule has 32 heavy (non-hydrogen) atoms. The lowest BCUT2D eigenvalue weighted by atomic mass is 10.2. The molecule has 10 heteroatoms. The van der Waals surface area contributed by atoms with Gasteiger partial charge in [0.15, 0.2) is 5.82 Å². The zero-order chi connectivity index (χ0) is 22.7. The number of carbonyl (C=O) groups excluding carboxylic acids is 1. The summed E-state index contributed by atoms with van der Waals surface area (Å²) < 4.78 is 20.4. The lowest BCUT2D eigenvalue weighted by molar-refractivity contribution is -0.384. The molecule has 0 saturated heterocycles. The SMILES string of the molecule is COc1nc(-c2cccc(F)c2)n(-c2cccc(NC(=O)c3ccc([N+](=O)[O-])cc3)c2)n1. The molecule has 0 atom stereocenters. The van der Waals surface area contributed by atoms with Gasteiger partial charge >= 0.3 is 6.01 Å². The van der Waals surface area contributed by atoms with E-state index in [0.717, 1.165) is 0 Å². The smallest absolute Gasteiger partial charge is 0.336 e. The third-order valence-electron chi connectivity index (χ3n) is 4.54. The topological polar surface area (TPSA) is 112 Å². The maximum Gasteiger partial charge on any atom is 0.336 e. The Morgan fingerprint density at radius 1 is 1.09 bits per heavy atom. The second kappa shape index (κ2) is 8.64. The van der Waals surface area contributed by atoms with Gasteiger partial charge in [-0.3, -0.25) is 14.9 Å². The number of nitrogens with zero attached hydrogens (tertiary/aromatic N) is 4. The van der Waals surface area contributed by atoms with Gasteiger partial charge in [0.05, 0.1) is 17.7 Å². The zero-order valence-electron chi connectivity index (χ0n) is 16.7. The maximum atomic E-state index is 13.7. The van der Waals surface area contributed by atoms with Gasteiger partial charge in [0.2, 0.25) is 0 Å². The van der Waals surface area contributed by atoms with E-state index in [9.17, 15) is 19.3 Å². The molecule has 1 N–H and O–H groups in total. The number of nitro benzene ring substituents is 1. The molecule has 3 aromatic carbocycles. The van der Waals surface area contributed by atoms with Crippen molar-refractivity contribution in [3.05, 3.63) is 94.3 Å². The fraction of sp³-hybridized carbons (Fsp3) is 0.0455. The van der Waals surface area contributed by atoms with Crippen LogP contribution in [0.25, 0.3) is 17.1 Å². The van der Waals surface area contributed by atoms with Crippen LogP contribution in [0.4, 0.5) is 15.8 Å². The van der Waals surface area contributed by atoms with Gasteiger partial charge in [0, 0.05) is 28.9 Å². The first-order valence-corrected chi connectivity index (χ1v) is 9.38. The van der Waals surface area contributed by atoms with E-state index >= 15 is 0 Å². The highest BCUT2D eigenvalue weighted by molar-refractivity contribution is 6.04. The van der Waals surface area contributed by atoms with Crippen molar-refractivity contribution in [2.45, 2.75) is 0 Å². The first kappa shape index (κ1) is 20.7. The Kier molecular flexibility index (Phi) is 5.58. The number of methoxy groups -OCH3 is 1. The van der Waals surface area contributed by atoms with E-state index in [1.54, 1.807) is 36.4 Å². The van der Waals surface area contributed by atoms with Crippen LogP contribution in [0.1, 0.15) is 10.4 Å². The lowest BCUT2D eigenvalue weighted by Gasteiger charge is -2.09. The van der Waals surface area contributed by atoms with Crippen LogP contribution in [0.15, 0.2) is 72.8 Å². The minimum Gasteiger partial charge on any atom is -0.466 e. The summed E-state index contributed by atoms with van der Waals surface area (Å²) in [5.41, 5.74) is 1.69. The molecule has 0 aliphatic rings. The van der Waals surface area contributed by atoms with Crippen LogP contribution in [0.3, 0.4) is 0 Å². The Hall–Kier alpha value is -4.60. The van der Waals surface area contributed by atoms with E-state index in [-0.39, 0.29) is 17.3 Å². The summed E-state index contributed by atoms with van der Waals surface area (Å²) in [6.07, 6.45) is 0. The molecule has 1 aromatic heterocycles. The molecule has 0 aliphatic heterocycles. The summed E-state index contributed by atoms with van der Waals surface area (Å²) >= 11 is 0. The highest BCUT2D eigenvalue weighted by atomic mass is 19.1. The summed E-state index contributed by atoms with van der Waals surface area (Å²) in [5, 5.41) is 17.8. The molecule has 0 bridgehead atoms. The highest BCUT2D eigenvalue weighted by Crippen LogP contribution is 2.25. The van der Waals surface area contributed by atoms with Crippen molar-refractivity contribution in [3.63, 3.8) is 0 Å². The predicted molar refractivity (Wildman–Crippen MR) is 114 cm³/mol. The third kappa shape index (κ3) is 4.29. The summed E-state index contributed by atoms with van der Waals surface area (Å²) in [5.74, 6) is -0.487. The molecule has 0 radical (unpaired) electrons. The van der Waals surface area contributed by atoms with E-state index in [4.69, 9.17) is 4.74 Å². The first-order valence-electron chi connectivity index (χ1n) is 9.38. The van der Waals surface area contributed by atoms with Gasteiger partial charge in [0.25, 0.3) is 11.6 Å². The second-order valence-electron chi connectivity index (χ2n) is 6.65. The average molecular weight is 433 g/mol. The fourth-order valence-electron chi connectivity index (χ4n) is 3.03. The van der Waals surface area contributed by atoms with E-state index < -0.39 is 16.6 Å². The number of benzene rings is 3. The van der Waals surface area contributed by atoms with Gasteiger partial charge in [-0.1, -0.05) is 18.2 Å². The fourth-order valence-corrected chi connectivity index (χ4v) is 3.03. The average Bonchev–Trinajstić information content (AvgIpc) is 3.24. The van der Waals surface area contributed by atoms with Crippen molar-refractivity contribution >= 4 is 17.3 Å². The van der Waals surface area contributed by atoms with Gasteiger partial charge in [-0.25, -0.2) is 9.07 Å². The van der Waals surface area contributed by atoms with Crippen LogP contribution in [0.2, 0.25) is 0 Å². The van der Waals surface area contributed by atoms with E-state index in [0.29, 0.717) is 22.8 Å². The number of aromatic nitrogens is 3. The summed E-state index contributed by atoms with van der Waals surface area (Å²) in [4.78, 5) is 27.1. The molecule has 4 rings (SSSR count). The number of nitrogens with one attached hydrogen (secondary N) is 1. The molecular weight excluding hydrogens is 417 g/mol. The zero-order valence-corrected chi connectivity index (χ0v) is 16.7. The molecular formula is C22H16FN5O4. The van der Waals surface area contributed by atoms with Crippen LogP contribution >= 0.6 is 0 Å². The summed E-state index contributed by atoms with van der Waals surface area (Å²) in [6, 6.07) is 18.1. The molecule has 0 spiro atoms. The van der Waals surface area contributed by atoms with Gasteiger partial charge in [-0.15, -0.1) is 5.10 Å². The van der Waals surface area contributed by atoms with Crippen molar-refractivity contribution in [1.82, 2.24) is 14.8 Å². The number of anilines is 1. The summed E-state index contributed by atoms with van der Waals surface area (Å²) in [6.45, 7) is 0. The number of carbonyl (C=O) groups is 1. The van der Waals surface area contributed by atoms with Crippen LogP contribution < -0.4 is 10.1 Å². The van der Waals surface area contributed by atoms with Crippen molar-refractivity contribution in [1.29, 1.82) is 0 Å². The van der Waals surface area contributed by atoms with Crippen LogP contribution in [-0.4, -0.2) is 32.7 Å². The number of nitro groups is 1. The summed E-state index contributed by atoms with van der Waals surface area (Å²) in [7, 11) is 1.43. The van der Waals surface area contributed by atoms with E-state index in [1.165, 1.54) is 48.2 Å². The molecule has 160 valence electrons. The Morgan fingerprint density at radius 2 is 1.84 bits per heavy atom. The normalized spacial score (nSPS) is 10.6. The Balaban J connectivity index is 1.64. The van der Waals surface area contributed by atoms with Crippen molar-refractivity contribution in [2.75, 3.05) is 12.4 Å². The quantitative estimate of drug-likeness (QED) is 0.359. The predicted octanol–water partition coefficient (Wildman–Crippen LogP) is 4.24. The van der Waals surface area contributed by atoms with E-state index in [1.807, 2.05) is 0 Å². The molecule has 9 nitrogen and oxygen atoms in total. The largest absolute Gasteiger partial charge is 0.466 e. The molecule has 0 fully saturated rings. The number of hydrogen-bond acceptors (Lipinski definition) is 6. The maximum absolute atomic E-state index is 13.7. The number of hydrogen-bond donors (Lipinski definition) is 1. The Labute approximate surface area is 181 Å². The van der Waals surface area contributed by atoms with Gasteiger partial charge < -0.3 is 10.1 Å². The number of rotatable bonds is 6. The first-order chi connectivity index (χ1) is 15.4. The van der Waals surface area contributed by atoms with Crippen LogP contribution in [-0.2, 0) is 0 Å². The number of amides is 1. The molecule has 0 saturated carbocycles. The molecule has 0 unspecified atom stereocenters. The lowest BCUT2D eigenvalue weighted by Crippen LogP contribution is -2.12. The van der Waals surface area contributed by atoms with Gasteiger partial charge in [-0.05, 0) is 42.5 Å². The Bertz CT molecular complexity index is 1300. The van der Waals surface area contributed by atoms with Gasteiger partial charge in [-0.2, -0.15) is 4.98 Å². The number of non-ortho nitro benzene ring substituents is 1. The third-order valence-corrected chi connectivity index (χ3v) is 4.54. The molecule has 1 heterocycles.